The molecule has 0 aliphatic carbocycles. The number of morpholine rings is 1. The van der Waals surface area contributed by atoms with Crippen LogP contribution in [0.2, 0.25) is 0 Å². The van der Waals surface area contributed by atoms with Crippen LogP contribution in [0.3, 0.4) is 0 Å². The Labute approximate surface area is 168 Å². The van der Waals surface area contributed by atoms with Gasteiger partial charge in [-0.05, 0) is 35.2 Å². The van der Waals surface area contributed by atoms with Crippen molar-refractivity contribution >= 4 is 10.0 Å². The Bertz CT molecular complexity index is 876. The van der Waals surface area contributed by atoms with E-state index in [1.807, 2.05) is 42.1 Å². The van der Waals surface area contributed by atoms with E-state index in [9.17, 15) is 8.42 Å². The Kier molecular flexibility index (Phi) is 6.29. The maximum Gasteiger partial charge on any atom is 0.240 e. The van der Waals surface area contributed by atoms with Crippen molar-refractivity contribution in [2.45, 2.75) is 37.1 Å². The lowest BCUT2D eigenvalue weighted by atomic mass is 9.87. The lowest BCUT2D eigenvalue weighted by molar-refractivity contribution is 0.0158. The first-order valence-corrected chi connectivity index (χ1v) is 11.2. The van der Waals surface area contributed by atoms with Gasteiger partial charge in [-0.3, -0.25) is 4.90 Å². The largest absolute Gasteiger partial charge is 0.379 e. The topological polar surface area (TPSA) is 63.6 Å². The Balaban J connectivity index is 1.77. The highest BCUT2D eigenvalue weighted by molar-refractivity contribution is 7.89. The number of ether oxygens (including phenoxy) is 1. The first kappa shape index (κ1) is 21.0. The van der Waals surface area contributed by atoms with Crippen LogP contribution in [0, 0.1) is 0 Å². The minimum absolute atomic E-state index is 0.0102. The fourth-order valence-corrected chi connectivity index (χ4v) is 4.57. The highest BCUT2D eigenvalue weighted by atomic mass is 32.2. The Morgan fingerprint density at radius 3 is 2.29 bits per heavy atom. The van der Waals surface area contributed by atoms with E-state index < -0.39 is 10.0 Å². The quantitative estimate of drug-likeness (QED) is 0.803. The first-order chi connectivity index (χ1) is 13.2. The molecule has 3 rings (SSSR count). The summed E-state index contributed by atoms with van der Waals surface area (Å²) < 4.78 is 36.1. The molecule has 0 bridgehead atoms. The molecule has 2 aromatic rings. The van der Waals surface area contributed by atoms with Crippen LogP contribution in [0.1, 0.15) is 38.1 Å². The molecule has 1 aliphatic heterocycles. The molecule has 0 radical (unpaired) electrons. The molecule has 1 aromatic carbocycles. The summed E-state index contributed by atoms with van der Waals surface area (Å²) in [6.07, 6.45) is 1.99. The van der Waals surface area contributed by atoms with Gasteiger partial charge in [0.1, 0.15) is 0 Å². The fraction of sp³-hybridized carbons (Fsp3) is 0.524. The van der Waals surface area contributed by atoms with Crippen LogP contribution in [0.25, 0.3) is 0 Å². The highest BCUT2D eigenvalue weighted by Crippen LogP contribution is 2.25. The third-order valence-corrected chi connectivity index (χ3v) is 6.75. The van der Waals surface area contributed by atoms with E-state index in [0.29, 0.717) is 24.7 Å². The van der Waals surface area contributed by atoms with E-state index in [0.717, 1.165) is 24.3 Å². The molecule has 0 amide bonds. The number of nitrogens with zero attached hydrogens (tertiary/aromatic N) is 2. The Hall–Kier alpha value is -1.67. The van der Waals surface area contributed by atoms with Crippen LogP contribution in [0.15, 0.2) is 47.5 Å². The van der Waals surface area contributed by atoms with Crippen LogP contribution >= 0.6 is 0 Å². The summed E-state index contributed by atoms with van der Waals surface area (Å²) in [5.74, 6) is 0. The van der Waals surface area contributed by atoms with Crippen molar-refractivity contribution < 1.29 is 13.2 Å². The maximum atomic E-state index is 12.9. The van der Waals surface area contributed by atoms with Crippen LogP contribution in [-0.4, -0.2) is 50.7 Å². The lowest BCUT2D eigenvalue weighted by Gasteiger charge is -2.34. The molecule has 6 nitrogen and oxygen atoms in total. The Morgan fingerprint density at radius 1 is 1.11 bits per heavy atom. The summed E-state index contributed by atoms with van der Waals surface area (Å²) in [4.78, 5) is 2.58. The summed E-state index contributed by atoms with van der Waals surface area (Å²) in [7, 11) is -1.59. The third kappa shape index (κ3) is 4.84. The van der Waals surface area contributed by atoms with Crippen LogP contribution in [0.5, 0.6) is 0 Å². The van der Waals surface area contributed by atoms with Crippen molar-refractivity contribution in [2.24, 2.45) is 7.05 Å². The second kappa shape index (κ2) is 8.37. The average molecular weight is 406 g/mol. The van der Waals surface area contributed by atoms with Gasteiger partial charge in [0.05, 0.1) is 24.2 Å². The van der Waals surface area contributed by atoms with Crippen LogP contribution in [-0.2, 0) is 27.2 Å². The first-order valence-electron chi connectivity index (χ1n) is 9.72. The molecule has 0 unspecified atom stereocenters. The van der Waals surface area contributed by atoms with Gasteiger partial charge in [0.15, 0.2) is 0 Å². The number of hydrogen-bond acceptors (Lipinski definition) is 4. The van der Waals surface area contributed by atoms with Gasteiger partial charge in [-0.15, -0.1) is 0 Å². The Morgan fingerprint density at radius 2 is 1.75 bits per heavy atom. The predicted molar refractivity (Wildman–Crippen MR) is 111 cm³/mol. The molecule has 154 valence electrons. The summed E-state index contributed by atoms with van der Waals surface area (Å²) >= 11 is 0. The minimum Gasteiger partial charge on any atom is -0.379 e. The van der Waals surface area contributed by atoms with E-state index in [1.165, 1.54) is 0 Å². The zero-order chi connectivity index (χ0) is 20.4. The summed E-state index contributed by atoms with van der Waals surface area (Å²) in [5, 5.41) is 0. The second-order valence-electron chi connectivity index (χ2n) is 8.33. The molecule has 28 heavy (non-hydrogen) atoms. The number of rotatable bonds is 6. The van der Waals surface area contributed by atoms with Gasteiger partial charge in [0.25, 0.3) is 0 Å². The molecule has 0 spiro atoms. The molecular weight excluding hydrogens is 374 g/mol. The van der Waals surface area contributed by atoms with Crippen LogP contribution in [0.4, 0.5) is 0 Å². The average Bonchev–Trinajstić information content (AvgIpc) is 3.08. The fourth-order valence-electron chi connectivity index (χ4n) is 3.54. The summed E-state index contributed by atoms with van der Waals surface area (Å²) in [6.45, 7) is 9.57. The predicted octanol–water partition coefficient (Wildman–Crippen LogP) is 2.67. The zero-order valence-corrected chi connectivity index (χ0v) is 18.0. The van der Waals surface area contributed by atoms with E-state index in [4.69, 9.17) is 4.74 Å². The van der Waals surface area contributed by atoms with Crippen molar-refractivity contribution in [1.82, 2.24) is 14.2 Å². The smallest absolute Gasteiger partial charge is 0.240 e. The van der Waals surface area contributed by atoms with Crippen molar-refractivity contribution in [2.75, 3.05) is 32.8 Å². The third-order valence-electron chi connectivity index (χ3n) is 5.31. The highest BCUT2D eigenvalue weighted by Gasteiger charge is 2.26. The van der Waals surface area contributed by atoms with E-state index in [1.54, 1.807) is 12.1 Å². The number of aryl methyl sites for hydroxylation is 1. The molecule has 1 aliphatic rings. The van der Waals surface area contributed by atoms with Crippen molar-refractivity contribution in [3.05, 3.63) is 53.9 Å². The summed E-state index contributed by atoms with van der Waals surface area (Å²) in [5.41, 5.74) is 2.19. The second-order valence-corrected chi connectivity index (χ2v) is 10.1. The molecule has 1 N–H and O–H groups in total. The lowest BCUT2D eigenvalue weighted by Crippen LogP contribution is -2.44. The molecular formula is C21H31N3O3S. The maximum absolute atomic E-state index is 12.9. The molecule has 0 saturated carbocycles. The van der Waals surface area contributed by atoms with Gasteiger partial charge < -0.3 is 9.30 Å². The monoisotopic (exact) mass is 405 g/mol. The van der Waals surface area contributed by atoms with Gasteiger partial charge in [-0.2, -0.15) is 0 Å². The van der Waals surface area contributed by atoms with Gasteiger partial charge in [-0.25, -0.2) is 13.1 Å². The van der Waals surface area contributed by atoms with E-state index in [-0.39, 0.29) is 11.5 Å². The molecule has 7 heteroatoms. The zero-order valence-electron chi connectivity index (χ0n) is 17.2. The molecule has 1 saturated heterocycles. The van der Waals surface area contributed by atoms with Crippen molar-refractivity contribution in [3.63, 3.8) is 0 Å². The molecule has 1 fully saturated rings. The number of nitrogens with one attached hydrogen (secondary N) is 1. The van der Waals surface area contributed by atoms with E-state index >= 15 is 0 Å². The normalized spacial score (nSPS) is 17.6. The van der Waals surface area contributed by atoms with Gasteiger partial charge in [0.2, 0.25) is 10.0 Å². The van der Waals surface area contributed by atoms with Crippen molar-refractivity contribution in [3.8, 4) is 0 Å². The van der Waals surface area contributed by atoms with Gasteiger partial charge >= 0.3 is 0 Å². The van der Waals surface area contributed by atoms with Gasteiger partial charge in [-0.1, -0.05) is 32.9 Å². The van der Waals surface area contributed by atoms with Crippen molar-refractivity contribution in [1.29, 1.82) is 0 Å². The summed E-state index contributed by atoms with van der Waals surface area (Å²) in [6, 6.07) is 11.2. The molecule has 2 heterocycles. The molecule has 1 aromatic heterocycles. The number of aromatic nitrogens is 1. The minimum atomic E-state index is -3.58. The van der Waals surface area contributed by atoms with E-state index in [2.05, 4.69) is 30.4 Å². The van der Waals surface area contributed by atoms with Gasteiger partial charge in [0, 0.05) is 38.6 Å². The standard InChI is InChI=1S/C21H31N3O3S/c1-21(2,3)17-7-9-18(10-8-17)28(25,26)22-16-20(19-6-5-11-23(19)4)24-12-14-27-15-13-24/h5-11,20,22H,12-16H2,1-4H3/t20-/m0/s1. The number of hydrogen-bond donors (Lipinski definition) is 1. The number of benzene rings is 1. The van der Waals surface area contributed by atoms with Crippen LogP contribution < -0.4 is 4.72 Å². The number of sulfonamides is 1. The SMILES string of the molecule is Cn1cccc1[C@H](CNS(=O)(=O)c1ccc(C(C)(C)C)cc1)N1CCOCC1. The molecule has 1 atom stereocenters.